The van der Waals surface area contributed by atoms with Crippen molar-refractivity contribution in [1.82, 2.24) is 0 Å². The third-order valence-electron chi connectivity index (χ3n) is 5.44. The molecular formula is C25H44N2O2. The fourth-order valence-electron chi connectivity index (χ4n) is 3.69. The topological polar surface area (TPSA) is 78.3 Å². The van der Waals surface area contributed by atoms with Crippen LogP contribution in [0, 0.1) is 0 Å². The summed E-state index contributed by atoms with van der Waals surface area (Å²) in [5, 5.41) is 0. The number of rotatable bonds is 18. The summed E-state index contributed by atoms with van der Waals surface area (Å²) in [6.45, 7) is 2.74. The molecule has 0 aliphatic rings. The van der Waals surface area contributed by atoms with Crippen LogP contribution >= 0.6 is 0 Å². The molecule has 0 aliphatic heterocycles. The van der Waals surface area contributed by atoms with Gasteiger partial charge in [-0.3, -0.25) is 0 Å². The standard InChI is InChI=1S/C25H44N2O2/c1-2-3-4-5-6-7-8-9-10-11-12-13-14-15-16-17-18-29-25(28)22-19-23(26)21-24(27)20-22/h19-21H,2-18,26-27H2,1H3. The van der Waals surface area contributed by atoms with Gasteiger partial charge in [0.1, 0.15) is 0 Å². The summed E-state index contributed by atoms with van der Waals surface area (Å²) in [6.07, 6.45) is 21.3. The molecule has 4 nitrogen and oxygen atoms in total. The van der Waals surface area contributed by atoms with Gasteiger partial charge in [-0.25, -0.2) is 4.79 Å². The molecule has 4 N–H and O–H groups in total. The van der Waals surface area contributed by atoms with E-state index >= 15 is 0 Å². The molecule has 1 rings (SSSR count). The Labute approximate surface area is 178 Å². The first kappa shape index (κ1) is 25.3. The maximum absolute atomic E-state index is 12.0. The van der Waals surface area contributed by atoms with E-state index in [1.807, 2.05) is 0 Å². The van der Waals surface area contributed by atoms with Crippen LogP contribution in [0.25, 0.3) is 0 Å². The van der Waals surface area contributed by atoms with Crippen molar-refractivity contribution >= 4 is 17.3 Å². The van der Waals surface area contributed by atoms with Crippen molar-refractivity contribution in [2.45, 2.75) is 110 Å². The molecule has 166 valence electrons. The van der Waals surface area contributed by atoms with E-state index in [2.05, 4.69) is 6.92 Å². The van der Waals surface area contributed by atoms with Crippen LogP contribution < -0.4 is 11.5 Å². The van der Waals surface area contributed by atoms with Gasteiger partial charge in [0.2, 0.25) is 0 Å². The number of hydrogen-bond acceptors (Lipinski definition) is 4. The lowest BCUT2D eigenvalue weighted by molar-refractivity contribution is 0.0497. The Morgan fingerprint density at radius 1 is 0.655 bits per heavy atom. The van der Waals surface area contributed by atoms with E-state index in [4.69, 9.17) is 16.2 Å². The highest BCUT2D eigenvalue weighted by Crippen LogP contribution is 2.16. The van der Waals surface area contributed by atoms with Gasteiger partial charge in [-0.15, -0.1) is 0 Å². The number of ether oxygens (including phenoxy) is 1. The molecule has 0 aliphatic carbocycles. The zero-order valence-corrected chi connectivity index (χ0v) is 18.7. The molecule has 0 fully saturated rings. The van der Waals surface area contributed by atoms with Crippen LogP contribution in [0.2, 0.25) is 0 Å². The molecule has 0 saturated carbocycles. The number of nitrogen functional groups attached to an aromatic ring is 2. The van der Waals surface area contributed by atoms with E-state index in [1.165, 1.54) is 89.9 Å². The zero-order chi connectivity index (χ0) is 21.2. The summed E-state index contributed by atoms with van der Waals surface area (Å²) in [5.41, 5.74) is 12.8. The van der Waals surface area contributed by atoms with Crippen LogP contribution in [0.4, 0.5) is 11.4 Å². The van der Waals surface area contributed by atoms with E-state index in [9.17, 15) is 4.79 Å². The first-order valence-electron chi connectivity index (χ1n) is 12.0. The summed E-state index contributed by atoms with van der Waals surface area (Å²) in [7, 11) is 0. The maximum atomic E-state index is 12.0. The molecule has 0 atom stereocenters. The highest BCUT2D eigenvalue weighted by atomic mass is 16.5. The Kier molecular flexibility index (Phi) is 15.0. The first-order chi connectivity index (χ1) is 14.1. The Morgan fingerprint density at radius 2 is 1.03 bits per heavy atom. The highest BCUT2D eigenvalue weighted by Gasteiger charge is 2.08. The molecule has 4 heteroatoms. The van der Waals surface area contributed by atoms with Crippen molar-refractivity contribution < 1.29 is 9.53 Å². The number of hydrogen-bond donors (Lipinski definition) is 2. The van der Waals surface area contributed by atoms with Gasteiger partial charge in [-0.05, 0) is 24.6 Å². The van der Waals surface area contributed by atoms with Crippen LogP contribution in [0.3, 0.4) is 0 Å². The lowest BCUT2D eigenvalue weighted by atomic mass is 10.0. The van der Waals surface area contributed by atoms with Gasteiger partial charge in [0, 0.05) is 11.4 Å². The van der Waals surface area contributed by atoms with E-state index in [1.54, 1.807) is 18.2 Å². The van der Waals surface area contributed by atoms with Crippen LogP contribution in [0.1, 0.15) is 120 Å². The number of unbranched alkanes of at least 4 members (excludes halogenated alkanes) is 15. The van der Waals surface area contributed by atoms with Crippen molar-refractivity contribution in [2.24, 2.45) is 0 Å². The molecule has 0 saturated heterocycles. The fraction of sp³-hybridized carbons (Fsp3) is 0.720. The molecule has 0 amide bonds. The van der Waals surface area contributed by atoms with Gasteiger partial charge in [0.25, 0.3) is 0 Å². The second-order valence-electron chi connectivity index (χ2n) is 8.33. The summed E-state index contributed by atoms with van der Waals surface area (Å²) in [5.74, 6) is -0.343. The van der Waals surface area contributed by atoms with E-state index < -0.39 is 0 Å². The van der Waals surface area contributed by atoms with E-state index in [0.717, 1.165) is 12.8 Å². The molecule has 1 aromatic carbocycles. The normalized spacial score (nSPS) is 10.9. The third-order valence-corrected chi connectivity index (χ3v) is 5.44. The van der Waals surface area contributed by atoms with E-state index in [-0.39, 0.29) is 5.97 Å². The minimum absolute atomic E-state index is 0.343. The van der Waals surface area contributed by atoms with Gasteiger partial charge in [0.15, 0.2) is 0 Å². The zero-order valence-electron chi connectivity index (χ0n) is 18.7. The van der Waals surface area contributed by atoms with Crippen LogP contribution in [-0.4, -0.2) is 12.6 Å². The van der Waals surface area contributed by atoms with Crippen molar-refractivity contribution in [3.05, 3.63) is 23.8 Å². The number of benzene rings is 1. The van der Waals surface area contributed by atoms with Crippen molar-refractivity contribution in [2.75, 3.05) is 18.1 Å². The number of esters is 1. The average Bonchev–Trinajstić information content (AvgIpc) is 2.69. The minimum Gasteiger partial charge on any atom is -0.462 e. The molecule has 0 spiro atoms. The second kappa shape index (κ2) is 17.2. The molecule has 0 unspecified atom stereocenters. The molecule has 0 bridgehead atoms. The number of carbonyl (C=O) groups excluding carboxylic acids is 1. The monoisotopic (exact) mass is 404 g/mol. The minimum atomic E-state index is -0.343. The summed E-state index contributed by atoms with van der Waals surface area (Å²) in [4.78, 5) is 12.0. The second-order valence-corrected chi connectivity index (χ2v) is 8.33. The van der Waals surface area contributed by atoms with Crippen LogP contribution in [0.5, 0.6) is 0 Å². The molecular weight excluding hydrogens is 360 g/mol. The highest BCUT2D eigenvalue weighted by molar-refractivity contribution is 5.91. The third kappa shape index (κ3) is 14.0. The number of nitrogens with two attached hydrogens (primary N) is 2. The Morgan fingerprint density at radius 3 is 1.45 bits per heavy atom. The number of carbonyl (C=O) groups is 1. The predicted octanol–water partition coefficient (Wildman–Crippen LogP) is 7.27. The lowest BCUT2D eigenvalue weighted by Gasteiger charge is -2.07. The fourth-order valence-corrected chi connectivity index (χ4v) is 3.69. The van der Waals surface area contributed by atoms with Gasteiger partial charge < -0.3 is 16.2 Å². The van der Waals surface area contributed by atoms with Crippen LogP contribution in [0.15, 0.2) is 18.2 Å². The summed E-state index contributed by atoms with van der Waals surface area (Å²) in [6, 6.07) is 4.84. The largest absolute Gasteiger partial charge is 0.462 e. The van der Waals surface area contributed by atoms with Gasteiger partial charge >= 0.3 is 5.97 Å². The Bertz CT molecular complexity index is 525. The Hall–Kier alpha value is -1.71. The predicted molar refractivity (Wildman–Crippen MR) is 125 cm³/mol. The molecule has 0 aromatic heterocycles. The lowest BCUT2D eigenvalue weighted by Crippen LogP contribution is -2.07. The number of anilines is 2. The van der Waals surface area contributed by atoms with Gasteiger partial charge in [-0.1, -0.05) is 103 Å². The quantitative estimate of drug-likeness (QED) is 0.153. The van der Waals surface area contributed by atoms with Crippen molar-refractivity contribution in [3.63, 3.8) is 0 Å². The summed E-state index contributed by atoms with van der Waals surface area (Å²) >= 11 is 0. The maximum Gasteiger partial charge on any atom is 0.338 e. The van der Waals surface area contributed by atoms with Gasteiger partial charge in [-0.2, -0.15) is 0 Å². The van der Waals surface area contributed by atoms with Crippen molar-refractivity contribution in [3.8, 4) is 0 Å². The SMILES string of the molecule is CCCCCCCCCCCCCCCCCCOC(=O)c1cc(N)cc(N)c1. The molecule has 0 radical (unpaired) electrons. The molecule has 29 heavy (non-hydrogen) atoms. The summed E-state index contributed by atoms with van der Waals surface area (Å²) < 4.78 is 5.31. The molecule has 0 heterocycles. The van der Waals surface area contributed by atoms with Crippen molar-refractivity contribution in [1.29, 1.82) is 0 Å². The smallest absolute Gasteiger partial charge is 0.338 e. The average molecular weight is 405 g/mol. The van der Waals surface area contributed by atoms with Gasteiger partial charge in [0.05, 0.1) is 12.2 Å². The van der Waals surface area contributed by atoms with Crippen LogP contribution in [-0.2, 0) is 4.74 Å². The Balaban J connectivity index is 1.84. The van der Waals surface area contributed by atoms with E-state index in [0.29, 0.717) is 23.5 Å². The first-order valence-corrected chi connectivity index (χ1v) is 12.0. The molecule has 1 aromatic rings.